The second-order valence-corrected chi connectivity index (χ2v) is 6.62. The normalized spacial score (nSPS) is 25.3. The maximum absolute atomic E-state index is 13.7. The number of carbonyl (C=O) groups is 1. The lowest BCUT2D eigenvalue weighted by atomic mass is 9.74. The van der Waals surface area contributed by atoms with E-state index in [-0.39, 0.29) is 30.2 Å². The van der Waals surface area contributed by atoms with Crippen LogP contribution in [0, 0.1) is 17.6 Å². The van der Waals surface area contributed by atoms with Crippen LogP contribution in [0.4, 0.5) is 8.78 Å². The van der Waals surface area contributed by atoms with E-state index in [1.165, 1.54) is 12.1 Å². The molecule has 1 aliphatic rings. The molecule has 130 valence electrons. The van der Waals surface area contributed by atoms with Crippen LogP contribution in [0.25, 0.3) is 0 Å². The zero-order chi connectivity index (χ0) is 16.3. The number of benzene rings is 1. The predicted molar refractivity (Wildman–Crippen MR) is 89.6 cm³/mol. The molecule has 0 bridgehead atoms. The van der Waals surface area contributed by atoms with Crippen molar-refractivity contribution >= 4 is 18.3 Å². The largest absolute Gasteiger partial charge is 0.355 e. The van der Waals surface area contributed by atoms with Gasteiger partial charge >= 0.3 is 0 Å². The summed E-state index contributed by atoms with van der Waals surface area (Å²) >= 11 is 0. The molecule has 1 fully saturated rings. The molecule has 1 aromatic carbocycles. The Hall–Kier alpha value is -1.20. The van der Waals surface area contributed by atoms with Crippen molar-refractivity contribution in [2.24, 2.45) is 11.7 Å². The zero-order valence-electron chi connectivity index (χ0n) is 13.6. The molecule has 0 saturated heterocycles. The summed E-state index contributed by atoms with van der Waals surface area (Å²) in [5, 5.41) is 2.87. The molecule has 0 spiro atoms. The molecule has 1 saturated carbocycles. The predicted octanol–water partition coefficient (Wildman–Crippen LogP) is 3.51. The smallest absolute Gasteiger partial charge is 0.224 e. The SMILES string of the molecule is CC(CNC(=O)C1CCCCC1(C)N)c1ccc(F)cc1F.Cl. The fourth-order valence-electron chi connectivity index (χ4n) is 3.18. The third kappa shape index (κ3) is 4.88. The molecule has 0 aromatic heterocycles. The van der Waals surface area contributed by atoms with Gasteiger partial charge < -0.3 is 11.1 Å². The Balaban J connectivity index is 0.00000264. The number of hydrogen-bond acceptors (Lipinski definition) is 2. The Morgan fingerprint density at radius 1 is 1.43 bits per heavy atom. The van der Waals surface area contributed by atoms with Gasteiger partial charge in [-0.1, -0.05) is 25.8 Å². The van der Waals surface area contributed by atoms with E-state index in [0.29, 0.717) is 12.1 Å². The molecule has 3 N–H and O–H groups in total. The van der Waals surface area contributed by atoms with Crippen molar-refractivity contribution in [3.05, 3.63) is 35.4 Å². The van der Waals surface area contributed by atoms with Crippen LogP contribution in [0.3, 0.4) is 0 Å². The Morgan fingerprint density at radius 2 is 2.13 bits per heavy atom. The van der Waals surface area contributed by atoms with E-state index in [0.717, 1.165) is 31.7 Å². The Kier molecular flexibility index (Phi) is 6.96. The van der Waals surface area contributed by atoms with E-state index in [1.54, 1.807) is 6.92 Å². The van der Waals surface area contributed by atoms with Crippen molar-refractivity contribution in [3.8, 4) is 0 Å². The molecule has 3 nitrogen and oxygen atoms in total. The standard InChI is InChI=1S/C17H24F2N2O.ClH/c1-11(13-7-6-12(18)9-15(13)19)10-21-16(22)14-5-3-4-8-17(14,2)20;/h6-7,9,11,14H,3-5,8,10,20H2,1-2H3,(H,21,22);1H. The summed E-state index contributed by atoms with van der Waals surface area (Å²) in [4.78, 5) is 12.3. The van der Waals surface area contributed by atoms with E-state index in [2.05, 4.69) is 5.32 Å². The van der Waals surface area contributed by atoms with Crippen LogP contribution >= 0.6 is 12.4 Å². The minimum absolute atomic E-state index is 0. The van der Waals surface area contributed by atoms with Gasteiger partial charge in [-0.15, -0.1) is 12.4 Å². The van der Waals surface area contributed by atoms with Gasteiger partial charge in [-0.3, -0.25) is 4.79 Å². The van der Waals surface area contributed by atoms with Crippen molar-refractivity contribution < 1.29 is 13.6 Å². The van der Waals surface area contributed by atoms with E-state index in [1.807, 2.05) is 6.92 Å². The second-order valence-electron chi connectivity index (χ2n) is 6.62. The summed E-state index contributed by atoms with van der Waals surface area (Å²) < 4.78 is 26.7. The maximum Gasteiger partial charge on any atom is 0.224 e. The van der Waals surface area contributed by atoms with E-state index < -0.39 is 17.2 Å². The minimum atomic E-state index is -0.599. The summed E-state index contributed by atoms with van der Waals surface area (Å²) in [7, 11) is 0. The van der Waals surface area contributed by atoms with Gasteiger partial charge in [0.05, 0.1) is 5.92 Å². The lowest BCUT2D eigenvalue weighted by Crippen LogP contribution is -2.53. The third-order valence-electron chi connectivity index (χ3n) is 4.65. The van der Waals surface area contributed by atoms with Gasteiger partial charge in [0, 0.05) is 24.1 Å². The molecule has 6 heteroatoms. The molecule has 3 atom stereocenters. The first-order valence-electron chi connectivity index (χ1n) is 7.83. The first-order chi connectivity index (χ1) is 10.3. The molecule has 1 aliphatic carbocycles. The van der Waals surface area contributed by atoms with Crippen molar-refractivity contribution in [1.82, 2.24) is 5.32 Å². The molecule has 2 rings (SSSR count). The first kappa shape index (κ1) is 19.8. The summed E-state index contributed by atoms with van der Waals surface area (Å²) in [5.41, 5.74) is 6.14. The van der Waals surface area contributed by atoms with Crippen LogP contribution in [-0.2, 0) is 4.79 Å². The van der Waals surface area contributed by atoms with Crippen molar-refractivity contribution in [2.75, 3.05) is 6.54 Å². The number of amides is 1. The first-order valence-corrected chi connectivity index (χ1v) is 7.83. The molecular weight excluding hydrogens is 322 g/mol. The van der Waals surface area contributed by atoms with Crippen LogP contribution in [0.2, 0.25) is 0 Å². The van der Waals surface area contributed by atoms with Crippen molar-refractivity contribution in [1.29, 1.82) is 0 Å². The highest BCUT2D eigenvalue weighted by Gasteiger charge is 2.37. The molecule has 1 aromatic rings. The molecule has 23 heavy (non-hydrogen) atoms. The fourth-order valence-corrected chi connectivity index (χ4v) is 3.18. The van der Waals surface area contributed by atoms with Gasteiger partial charge in [-0.2, -0.15) is 0 Å². The van der Waals surface area contributed by atoms with Crippen LogP contribution in [0.5, 0.6) is 0 Å². The Labute approximate surface area is 142 Å². The number of rotatable bonds is 4. The molecule has 0 radical (unpaired) electrons. The van der Waals surface area contributed by atoms with Crippen LogP contribution in [0.1, 0.15) is 51.0 Å². The second kappa shape index (κ2) is 8.06. The van der Waals surface area contributed by atoms with Gasteiger partial charge in [-0.25, -0.2) is 8.78 Å². The highest BCUT2D eigenvalue weighted by atomic mass is 35.5. The van der Waals surface area contributed by atoms with E-state index >= 15 is 0 Å². The summed E-state index contributed by atoms with van der Waals surface area (Å²) in [6, 6.07) is 3.52. The van der Waals surface area contributed by atoms with Gasteiger partial charge in [0.25, 0.3) is 0 Å². The van der Waals surface area contributed by atoms with E-state index in [4.69, 9.17) is 5.73 Å². The number of halogens is 3. The fraction of sp³-hybridized carbons (Fsp3) is 0.588. The van der Waals surface area contributed by atoms with Crippen LogP contribution in [0.15, 0.2) is 18.2 Å². The molecule has 0 aliphatic heterocycles. The lowest BCUT2D eigenvalue weighted by Gasteiger charge is -2.37. The highest BCUT2D eigenvalue weighted by molar-refractivity contribution is 5.85. The Bertz CT molecular complexity index is 551. The highest BCUT2D eigenvalue weighted by Crippen LogP contribution is 2.31. The van der Waals surface area contributed by atoms with Gasteiger partial charge in [0.1, 0.15) is 11.6 Å². The Morgan fingerprint density at radius 3 is 2.74 bits per heavy atom. The average Bonchev–Trinajstić information content (AvgIpc) is 2.44. The number of nitrogens with one attached hydrogen (secondary N) is 1. The summed E-state index contributed by atoms with van der Waals surface area (Å²) in [6.45, 7) is 4.03. The number of nitrogens with two attached hydrogens (primary N) is 1. The maximum atomic E-state index is 13.7. The molecule has 0 heterocycles. The van der Waals surface area contributed by atoms with Gasteiger partial charge in [0.15, 0.2) is 0 Å². The van der Waals surface area contributed by atoms with Crippen molar-refractivity contribution in [2.45, 2.75) is 51.0 Å². The molecular formula is C17H25ClF2N2O. The summed E-state index contributed by atoms with van der Waals surface area (Å²) in [6.07, 6.45) is 3.69. The monoisotopic (exact) mass is 346 g/mol. The minimum Gasteiger partial charge on any atom is -0.355 e. The van der Waals surface area contributed by atoms with Crippen LogP contribution in [-0.4, -0.2) is 18.0 Å². The van der Waals surface area contributed by atoms with Gasteiger partial charge in [-0.05, 0) is 31.4 Å². The average molecular weight is 347 g/mol. The number of carbonyl (C=O) groups excluding carboxylic acids is 1. The van der Waals surface area contributed by atoms with Gasteiger partial charge in [0.2, 0.25) is 5.91 Å². The zero-order valence-corrected chi connectivity index (χ0v) is 14.4. The number of hydrogen-bond donors (Lipinski definition) is 2. The van der Waals surface area contributed by atoms with Crippen LogP contribution < -0.4 is 11.1 Å². The lowest BCUT2D eigenvalue weighted by molar-refractivity contribution is -0.128. The topological polar surface area (TPSA) is 55.1 Å². The van der Waals surface area contributed by atoms with Crippen molar-refractivity contribution in [3.63, 3.8) is 0 Å². The third-order valence-corrected chi connectivity index (χ3v) is 4.65. The molecule has 1 amide bonds. The van der Waals surface area contributed by atoms with E-state index in [9.17, 15) is 13.6 Å². The molecule has 3 unspecified atom stereocenters. The quantitative estimate of drug-likeness (QED) is 0.876. The summed E-state index contributed by atoms with van der Waals surface area (Å²) in [5.74, 6) is -1.68.